The van der Waals surface area contributed by atoms with Crippen molar-refractivity contribution >= 4 is 0 Å². The fourth-order valence-corrected chi connectivity index (χ4v) is 1.29. The van der Waals surface area contributed by atoms with Crippen LogP contribution in [0, 0.1) is 13.8 Å². The highest BCUT2D eigenvalue weighted by atomic mass is 15.4. The smallest absolute Gasteiger partial charge is 0.172 e. The van der Waals surface area contributed by atoms with Gasteiger partial charge in [0.15, 0.2) is 5.82 Å². The van der Waals surface area contributed by atoms with E-state index in [0.717, 1.165) is 17.2 Å². The van der Waals surface area contributed by atoms with E-state index in [4.69, 9.17) is 0 Å². The summed E-state index contributed by atoms with van der Waals surface area (Å²) >= 11 is 0. The van der Waals surface area contributed by atoms with E-state index in [1.54, 1.807) is 4.68 Å². The maximum atomic E-state index is 4.31. The summed E-state index contributed by atoms with van der Waals surface area (Å²) in [6, 6.07) is 0. The van der Waals surface area contributed by atoms with E-state index in [1.165, 1.54) is 0 Å². The number of aromatic nitrogens is 5. The third-order valence-corrected chi connectivity index (χ3v) is 2.09. The van der Waals surface area contributed by atoms with E-state index in [-0.39, 0.29) is 0 Å². The average Bonchev–Trinajstić information content (AvgIpc) is 2.62. The molecule has 2 aromatic heterocycles. The van der Waals surface area contributed by atoms with Gasteiger partial charge in [-0.05, 0) is 19.4 Å². The van der Waals surface area contributed by atoms with Crippen LogP contribution in [0.15, 0.2) is 12.4 Å². The molecule has 0 aromatic carbocycles. The van der Waals surface area contributed by atoms with Crippen molar-refractivity contribution in [2.24, 2.45) is 7.05 Å². The van der Waals surface area contributed by atoms with Crippen LogP contribution in [0.2, 0.25) is 0 Å². The van der Waals surface area contributed by atoms with Crippen LogP contribution in [-0.2, 0) is 13.6 Å². The van der Waals surface area contributed by atoms with Crippen molar-refractivity contribution < 1.29 is 0 Å². The van der Waals surface area contributed by atoms with Crippen LogP contribution in [-0.4, -0.2) is 24.5 Å². The Balaban J connectivity index is 2.18. The van der Waals surface area contributed by atoms with Gasteiger partial charge in [0.2, 0.25) is 0 Å². The maximum absolute atomic E-state index is 4.31. The van der Waals surface area contributed by atoms with Gasteiger partial charge in [0.05, 0.1) is 6.20 Å². The molecule has 0 saturated heterocycles. The third kappa shape index (κ3) is 1.66. The lowest BCUT2D eigenvalue weighted by Crippen LogP contribution is -2.02. The molecule has 0 aliphatic heterocycles. The molecule has 5 heteroatoms. The molecule has 0 N–H and O–H groups in total. The van der Waals surface area contributed by atoms with Gasteiger partial charge in [-0.15, -0.1) is 0 Å². The second-order valence-electron chi connectivity index (χ2n) is 3.41. The molecule has 2 aromatic rings. The zero-order valence-electron chi connectivity index (χ0n) is 8.60. The molecule has 0 radical (unpaired) electrons. The average molecular weight is 191 g/mol. The second kappa shape index (κ2) is 3.25. The molecule has 0 saturated carbocycles. The highest BCUT2D eigenvalue weighted by Gasteiger charge is 2.03. The van der Waals surface area contributed by atoms with Crippen LogP contribution in [0.25, 0.3) is 0 Å². The van der Waals surface area contributed by atoms with Gasteiger partial charge in [0, 0.05) is 13.2 Å². The van der Waals surface area contributed by atoms with Gasteiger partial charge >= 0.3 is 0 Å². The van der Waals surface area contributed by atoms with Gasteiger partial charge in [-0.3, -0.25) is 9.36 Å². The Bertz CT molecular complexity index is 420. The first kappa shape index (κ1) is 8.93. The van der Waals surface area contributed by atoms with Crippen LogP contribution in [0.4, 0.5) is 0 Å². The lowest BCUT2D eigenvalue weighted by molar-refractivity contribution is 0.641. The molecular weight excluding hydrogens is 178 g/mol. The summed E-state index contributed by atoms with van der Waals surface area (Å²) in [7, 11) is 1.89. The summed E-state index contributed by atoms with van der Waals surface area (Å²) < 4.78 is 3.61. The van der Waals surface area contributed by atoms with Gasteiger partial charge < -0.3 is 0 Å². The van der Waals surface area contributed by atoms with Gasteiger partial charge in [-0.1, -0.05) is 0 Å². The molecule has 2 heterocycles. The molecule has 0 unspecified atom stereocenters. The lowest BCUT2D eigenvalue weighted by atomic mass is 10.4. The van der Waals surface area contributed by atoms with Crippen LogP contribution >= 0.6 is 0 Å². The largest absolute Gasteiger partial charge is 0.265 e. The standard InChI is InChI=1S/C9H13N5/c1-7-4-10-14(5-7)6-9-11-8(2)13(3)12-9/h4-5H,6H2,1-3H3. The summed E-state index contributed by atoms with van der Waals surface area (Å²) in [5, 5.41) is 8.44. The molecule has 14 heavy (non-hydrogen) atoms. The first-order valence-corrected chi connectivity index (χ1v) is 4.51. The molecule has 0 amide bonds. The minimum atomic E-state index is 0.634. The van der Waals surface area contributed by atoms with Gasteiger partial charge in [-0.2, -0.15) is 10.2 Å². The molecule has 0 atom stereocenters. The minimum Gasteiger partial charge on any atom is -0.265 e. The molecule has 0 aliphatic carbocycles. The number of rotatable bonds is 2. The molecule has 2 rings (SSSR count). The van der Waals surface area contributed by atoms with Crippen molar-refractivity contribution in [3.05, 3.63) is 29.6 Å². The Kier molecular flexibility index (Phi) is 2.07. The third-order valence-electron chi connectivity index (χ3n) is 2.09. The zero-order valence-corrected chi connectivity index (χ0v) is 8.60. The Morgan fingerprint density at radius 3 is 2.64 bits per heavy atom. The van der Waals surface area contributed by atoms with Crippen LogP contribution in [0.5, 0.6) is 0 Å². The zero-order chi connectivity index (χ0) is 10.1. The first-order valence-electron chi connectivity index (χ1n) is 4.51. The fraction of sp³-hybridized carbons (Fsp3) is 0.444. The topological polar surface area (TPSA) is 48.5 Å². The molecule has 0 spiro atoms. The molecule has 74 valence electrons. The molecule has 0 fully saturated rings. The second-order valence-corrected chi connectivity index (χ2v) is 3.41. The number of hydrogen-bond acceptors (Lipinski definition) is 3. The van der Waals surface area contributed by atoms with Crippen molar-refractivity contribution in [3.63, 3.8) is 0 Å². The van der Waals surface area contributed by atoms with Gasteiger partial charge in [0.1, 0.15) is 12.4 Å². The summed E-state index contributed by atoms with van der Waals surface area (Å²) in [6.07, 6.45) is 3.81. The number of nitrogens with zero attached hydrogens (tertiary/aromatic N) is 5. The maximum Gasteiger partial charge on any atom is 0.172 e. The Morgan fingerprint density at radius 2 is 2.14 bits per heavy atom. The fourth-order valence-electron chi connectivity index (χ4n) is 1.29. The van der Waals surface area contributed by atoms with E-state index >= 15 is 0 Å². The molecule has 5 nitrogen and oxygen atoms in total. The van der Waals surface area contributed by atoms with E-state index in [0.29, 0.717) is 6.54 Å². The van der Waals surface area contributed by atoms with Crippen molar-refractivity contribution in [2.45, 2.75) is 20.4 Å². The van der Waals surface area contributed by atoms with Crippen molar-refractivity contribution in [2.75, 3.05) is 0 Å². The lowest BCUT2D eigenvalue weighted by Gasteiger charge is -1.94. The first-order chi connectivity index (χ1) is 6.65. The summed E-state index contributed by atoms with van der Waals surface area (Å²) in [4.78, 5) is 4.31. The van der Waals surface area contributed by atoms with E-state index in [1.807, 2.05) is 38.0 Å². The SMILES string of the molecule is Cc1cnn(Cc2nc(C)n(C)n2)c1. The normalized spacial score (nSPS) is 10.8. The predicted octanol–water partition coefficient (Wildman–Crippen LogP) is 0.677. The van der Waals surface area contributed by atoms with Crippen molar-refractivity contribution in [3.8, 4) is 0 Å². The van der Waals surface area contributed by atoms with Crippen molar-refractivity contribution in [1.82, 2.24) is 24.5 Å². The molecule has 0 aliphatic rings. The predicted molar refractivity (Wildman–Crippen MR) is 51.8 cm³/mol. The Hall–Kier alpha value is -1.65. The van der Waals surface area contributed by atoms with Crippen molar-refractivity contribution in [1.29, 1.82) is 0 Å². The highest BCUT2D eigenvalue weighted by Crippen LogP contribution is 1.99. The van der Waals surface area contributed by atoms with Crippen LogP contribution in [0.1, 0.15) is 17.2 Å². The van der Waals surface area contributed by atoms with Gasteiger partial charge in [-0.25, -0.2) is 4.98 Å². The quantitative estimate of drug-likeness (QED) is 0.701. The minimum absolute atomic E-state index is 0.634. The molecular formula is C9H13N5. The summed E-state index contributed by atoms with van der Waals surface area (Å²) in [5.41, 5.74) is 1.15. The van der Waals surface area contributed by atoms with E-state index in [9.17, 15) is 0 Å². The van der Waals surface area contributed by atoms with Crippen LogP contribution < -0.4 is 0 Å². The Labute approximate surface area is 82.4 Å². The van der Waals surface area contributed by atoms with Crippen LogP contribution in [0.3, 0.4) is 0 Å². The Morgan fingerprint density at radius 1 is 1.36 bits per heavy atom. The summed E-state index contributed by atoms with van der Waals surface area (Å²) in [5.74, 6) is 1.72. The molecule has 0 bridgehead atoms. The van der Waals surface area contributed by atoms with E-state index in [2.05, 4.69) is 15.2 Å². The van der Waals surface area contributed by atoms with Gasteiger partial charge in [0.25, 0.3) is 0 Å². The highest BCUT2D eigenvalue weighted by molar-refractivity contribution is 5.01. The summed E-state index contributed by atoms with van der Waals surface area (Å²) in [6.45, 7) is 4.58. The number of aryl methyl sites for hydroxylation is 3. The van der Waals surface area contributed by atoms with E-state index < -0.39 is 0 Å². The number of hydrogen-bond donors (Lipinski definition) is 0. The monoisotopic (exact) mass is 191 g/mol.